The van der Waals surface area contributed by atoms with Crippen molar-refractivity contribution in [3.8, 4) is 0 Å². The summed E-state index contributed by atoms with van der Waals surface area (Å²) in [5, 5.41) is 6.36. The Hall–Kier alpha value is -1.03. The molecule has 1 aromatic rings. The van der Waals surface area contributed by atoms with Gasteiger partial charge in [-0.15, -0.1) is 0 Å². The minimum Gasteiger partial charge on any atom is -0.380 e. The molecule has 0 aromatic heterocycles. The molecule has 2 N–H and O–H groups in total. The number of alkyl halides is 1. The largest absolute Gasteiger partial charge is 0.380 e. The predicted molar refractivity (Wildman–Crippen MR) is 83.9 cm³/mol. The summed E-state index contributed by atoms with van der Waals surface area (Å²) >= 11 is 3.49. The molecule has 0 heterocycles. The number of halogens is 1. The van der Waals surface area contributed by atoms with Gasteiger partial charge in [0.1, 0.15) is 0 Å². The van der Waals surface area contributed by atoms with Crippen molar-refractivity contribution < 1.29 is 4.79 Å². The molecule has 2 rings (SSSR count). The van der Waals surface area contributed by atoms with E-state index in [9.17, 15) is 4.79 Å². The lowest BCUT2D eigenvalue weighted by Crippen LogP contribution is -2.26. The second kappa shape index (κ2) is 4.82. The van der Waals surface area contributed by atoms with Gasteiger partial charge in [-0.3, -0.25) is 4.79 Å². The van der Waals surface area contributed by atoms with E-state index in [1.54, 1.807) is 0 Å². The van der Waals surface area contributed by atoms with E-state index in [0.717, 1.165) is 17.8 Å². The maximum atomic E-state index is 12.1. The third-order valence-corrected chi connectivity index (χ3v) is 4.65. The first-order valence-corrected chi connectivity index (χ1v) is 7.46. The molecule has 3 nitrogen and oxygen atoms in total. The van der Waals surface area contributed by atoms with Gasteiger partial charge in [0.15, 0.2) is 0 Å². The van der Waals surface area contributed by atoms with Gasteiger partial charge in [0.2, 0.25) is 5.91 Å². The van der Waals surface area contributed by atoms with Gasteiger partial charge in [-0.25, -0.2) is 0 Å². The molecule has 0 bridgehead atoms. The molecule has 104 valence electrons. The highest BCUT2D eigenvalue weighted by Gasteiger charge is 2.54. The maximum absolute atomic E-state index is 12.1. The summed E-state index contributed by atoms with van der Waals surface area (Å²) in [5.74, 6) is 0.0888. The second-order valence-electron chi connectivity index (χ2n) is 6.50. The van der Waals surface area contributed by atoms with Crippen LogP contribution in [0.15, 0.2) is 24.3 Å². The molecule has 19 heavy (non-hydrogen) atoms. The number of nitrogens with one attached hydrogen (secondary N) is 2. The van der Waals surface area contributed by atoms with E-state index in [1.807, 2.05) is 31.2 Å². The van der Waals surface area contributed by atoms with Gasteiger partial charge in [0.25, 0.3) is 0 Å². The van der Waals surface area contributed by atoms with Crippen molar-refractivity contribution in [1.82, 2.24) is 0 Å². The fraction of sp³-hybridized carbons (Fsp3) is 0.533. The van der Waals surface area contributed by atoms with Crippen LogP contribution in [0.1, 0.15) is 34.1 Å². The zero-order chi connectivity index (χ0) is 14.3. The van der Waals surface area contributed by atoms with Gasteiger partial charge in [-0.05, 0) is 58.4 Å². The lowest BCUT2D eigenvalue weighted by atomic mass is 10.1. The normalized spacial score (nSPS) is 25.8. The van der Waals surface area contributed by atoms with Crippen LogP contribution in [0.2, 0.25) is 0 Å². The van der Waals surface area contributed by atoms with Gasteiger partial charge in [0.05, 0.1) is 5.41 Å². The smallest absolute Gasteiger partial charge is 0.231 e. The third-order valence-electron chi connectivity index (χ3n) is 3.32. The molecule has 1 aromatic carbocycles. The van der Waals surface area contributed by atoms with E-state index in [1.165, 1.54) is 0 Å². The molecule has 1 aliphatic rings. The summed E-state index contributed by atoms with van der Waals surface area (Å²) in [6, 6.07) is 7.84. The molecule has 1 saturated carbocycles. The van der Waals surface area contributed by atoms with Crippen molar-refractivity contribution in [3.05, 3.63) is 24.3 Å². The van der Waals surface area contributed by atoms with Crippen molar-refractivity contribution in [1.29, 1.82) is 0 Å². The van der Waals surface area contributed by atoms with E-state index < -0.39 is 0 Å². The Morgan fingerprint density at radius 2 is 1.74 bits per heavy atom. The second-order valence-corrected chi connectivity index (χ2v) is 7.60. The monoisotopic (exact) mass is 324 g/mol. The molecule has 0 radical (unpaired) electrons. The van der Waals surface area contributed by atoms with Gasteiger partial charge in [0, 0.05) is 21.7 Å². The van der Waals surface area contributed by atoms with Crippen LogP contribution in [0.3, 0.4) is 0 Å². The highest BCUT2D eigenvalue weighted by atomic mass is 79.9. The lowest BCUT2D eigenvalue weighted by molar-refractivity contribution is -0.120. The highest BCUT2D eigenvalue weighted by Crippen LogP contribution is 2.51. The summed E-state index contributed by atoms with van der Waals surface area (Å²) in [5.41, 5.74) is 1.69. The first kappa shape index (κ1) is 14.4. The van der Waals surface area contributed by atoms with Crippen LogP contribution >= 0.6 is 15.9 Å². The molecule has 1 fully saturated rings. The average Bonchev–Trinajstić information content (AvgIpc) is 2.89. The van der Waals surface area contributed by atoms with E-state index in [4.69, 9.17) is 0 Å². The van der Waals surface area contributed by atoms with Crippen LogP contribution in [0, 0.1) is 5.41 Å². The third kappa shape index (κ3) is 3.50. The summed E-state index contributed by atoms with van der Waals surface area (Å²) < 4.78 is 0. The van der Waals surface area contributed by atoms with Crippen LogP contribution in [-0.4, -0.2) is 16.3 Å². The first-order chi connectivity index (χ1) is 8.71. The van der Waals surface area contributed by atoms with Crippen LogP contribution in [0.25, 0.3) is 0 Å². The molecular weight excluding hydrogens is 304 g/mol. The summed E-state index contributed by atoms with van der Waals surface area (Å²) in [6.45, 7) is 8.34. The number of carbonyl (C=O) groups excluding carboxylic acids is 1. The number of amides is 1. The molecule has 2 atom stereocenters. The Labute approximate surface area is 123 Å². The molecule has 1 aliphatic carbocycles. The van der Waals surface area contributed by atoms with E-state index in [-0.39, 0.29) is 16.9 Å². The number of hydrogen-bond donors (Lipinski definition) is 2. The van der Waals surface area contributed by atoms with E-state index >= 15 is 0 Å². The van der Waals surface area contributed by atoms with E-state index in [2.05, 4.69) is 47.3 Å². The molecule has 4 heteroatoms. The van der Waals surface area contributed by atoms with Crippen LogP contribution in [0.4, 0.5) is 11.4 Å². The molecule has 2 unspecified atom stereocenters. The Morgan fingerprint density at radius 3 is 2.16 bits per heavy atom. The van der Waals surface area contributed by atoms with Crippen molar-refractivity contribution in [2.45, 2.75) is 44.5 Å². The Kier molecular flexibility index (Phi) is 3.65. The Balaban J connectivity index is 1.98. The standard InChI is InChI=1S/C15H21BrN2O/c1-14(2,3)18-11-7-5-10(6-8-11)17-13(19)15(4)9-12(15)16/h5-8,12,18H,9H2,1-4H3,(H,17,19). The quantitative estimate of drug-likeness (QED) is 0.825. The Morgan fingerprint density at radius 1 is 1.26 bits per heavy atom. The lowest BCUT2D eigenvalue weighted by Gasteiger charge is -2.22. The summed E-state index contributed by atoms with van der Waals surface area (Å²) in [6.07, 6.45) is 0.905. The summed E-state index contributed by atoms with van der Waals surface area (Å²) in [4.78, 5) is 12.4. The highest BCUT2D eigenvalue weighted by molar-refractivity contribution is 9.09. The Bertz CT molecular complexity index is 478. The number of anilines is 2. The first-order valence-electron chi connectivity index (χ1n) is 6.54. The van der Waals surface area contributed by atoms with Crippen LogP contribution < -0.4 is 10.6 Å². The minimum absolute atomic E-state index is 0.0371. The van der Waals surface area contributed by atoms with Crippen molar-refractivity contribution >= 4 is 33.2 Å². The maximum Gasteiger partial charge on any atom is 0.231 e. The molecular formula is C15H21BrN2O. The fourth-order valence-corrected chi connectivity index (χ4v) is 2.77. The fourth-order valence-electron chi connectivity index (χ4n) is 1.89. The zero-order valence-electron chi connectivity index (χ0n) is 11.9. The zero-order valence-corrected chi connectivity index (χ0v) is 13.5. The molecule has 0 aliphatic heterocycles. The number of rotatable bonds is 3. The number of hydrogen-bond acceptors (Lipinski definition) is 2. The average molecular weight is 325 g/mol. The molecule has 0 spiro atoms. The summed E-state index contributed by atoms with van der Waals surface area (Å²) in [7, 11) is 0. The molecule has 1 amide bonds. The van der Waals surface area contributed by atoms with E-state index in [0.29, 0.717) is 4.83 Å². The number of carbonyl (C=O) groups is 1. The van der Waals surface area contributed by atoms with Gasteiger partial charge >= 0.3 is 0 Å². The van der Waals surface area contributed by atoms with Crippen molar-refractivity contribution in [2.24, 2.45) is 5.41 Å². The van der Waals surface area contributed by atoms with Crippen LogP contribution in [0.5, 0.6) is 0 Å². The molecule has 0 saturated heterocycles. The SMILES string of the molecule is CC(C)(C)Nc1ccc(NC(=O)C2(C)CC2Br)cc1. The minimum atomic E-state index is -0.248. The van der Waals surface area contributed by atoms with Gasteiger partial charge in [-0.1, -0.05) is 15.9 Å². The van der Waals surface area contributed by atoms with Crippen molar-refractivity contribution in [2.75, 3.05) is 10.6 Å². The van der Waals surface area contributed by atoms with Crippen LogP contribution in [-0.2, 0) is 4.79 Å². The van der Waals surface area contributed by atoms with Crippen molar-refractivity contribution in [3.63, 3.8) is 0 Å². The topological polar surface area (TPSA) is 41.1 Å². The van der Waals surface area contributed by atoms with Gasteiger partial charge < -0.3 is 10.6 Å². The number of benzene rings is 1. The predicted octanol–water partition coefficient (Wildman–Crippen LogP) is 4.01. The van der Waals surface area contributed by atoms with Gasteiger partial charge in [-0.2, -0.15) is 0 Å².